The number of alkyl halides is 1. The van der Waals surface area contributed by atoms with E-state index < -0.39 is 15.7 Å². The van der Waals surface area contributed by atoms with Crippen LogP contribution in [0.1, 0.15) is 38.4 Å². The summed E-state index contributed by atoms with van der Waals surface area (Å²) in [5.74, 6) is 0.759. The van der Waals surface area contributed by atoms with Crippen molar-refractivity contribution < 1.29 is 17.3 Å². The van der Waals surface area contributed by atoms with Crippen molar-refractivity contribution in [1.82, 2.24) is 24.0 Å². The molecule has 10 heteroatoms. The largest absolute Gasteiger partial charge is 0.339 e. The Balaban J connectivity index is 1.71. The highest BCUT2D eigenvalue weighted by Gasteiger charge is 2.44. The fourth-order valence-electron chi connectivity index (χ4n) is 2.83. The molecule has 1 aliphatic heterocycles. The lowest BCUT2D eigenvalue weighted by Gasteiger charge is -2.32. The van der Waals surface area contributed by atoms with Gasteiger partial charge in [-0.25, -0.2) is 17.8 Å². The quantitative estimate of drug-likeness (QED) is 0.793. The minimum absolute atomic E-state index is 0.0254. The molecular formula is C15H22FN5O3S. The van der Waals surface area contributed by atoms with Crippen molar-refractivity contribution in [2.45, 2.75) is 43.8 Å². The van der Waals surface area contributed by atoms with Gasteiger partial charge in [-0.15, -0.1) is 0 Å². The van der Waals surface area contributed by atoms with Crippen LogP contribution in [0.25, 0.3) is 0 Å². The second kappa shape index (κ2) is 6.49. The molecule has 0 aliphatic carbocycles. The highest BCUT2D eigenvalue weighted by molar-refractivity contribution is 7.89. The summed E-state index contributed by atoms with van der Waals surface area (Å²) in [7, 11) is -2.02. The molecule has 0 aromatic carbocycles. The molecule has 8 nitrogen and oxygen atoms in total. The number of nitrogens with zero attached hydrogens (tertiary/aromatic N) is 5. The van der Waals surface area contributed by atoms with Gasteiger partial charge in [0.05, 0.1) is 6.33 Å². The van der Waals surface area contributed by atoms with Crippen LogP contribution in [0.5, 0.6) is 0 Å². The molecule has 0 unspecified atom stereocenters. The molecule has 0 N–H and O–H groups in total. The molecule has 0 spiro atoms. The molecule has 2 aromatic heterocycles. The van der Waals surface area contributed by atoms with Gasteiger partial charge in [0.25, 0.3) is 15.9 Å². The molecule has 0 amide bonds. The molecule has 1 aliphatic rings. The molecule has 3 rings (SSSR count). The highest BCUT2D eigenvalue weighted by atomic mass is 32.2. The zero-order valence-electron chi connectivity index (χ0n) is 14.5. The first-order valence-corrected chi connectivity index (χ1v) is 9.65. The Morgan fingerprint density at radius 2 is 2.04 bits per heavy atom. The van der Waals surface area contributed by atoms with Crippen LogP contribution in [0.4, 0.5) is 4.39 Å². The van der Waals surface area contributed by atoms with E-state index in [1.165, 1.54) is 16.8 Å². The lowest BCUT2D eigenvalue weighted by molar-refractivity contribution is 0.0510. The predicted octanol–water partition coefficient (Wildman–Crippen LogP) is 1.65. The molecule has 25 heavy (non-hydrogen) atoms. The number of piperidine rings is 1. The summed E-state index contributed by atoms with van der Waals surface area (Å²) in [6, 6.07) is 0. The Bertz CT molecular complexity index is 837. The van der Waals surface area contributed by atoms with Crippen LogP contribution in [0, 0.1) is 5.92 Å². The van der Waals surface area contributed by atoms with E-state index in [1.54, 1.807) is 11.6 Å². The third-order valence-corrected chi connectivity index (χ3v) is 6.03. The number of halogens is 1. The Morgan fingerprint density at radius 3 is 2.60 bits per heavy atom. The maximum Gasteiger partial charge on any atom is 0.264 e. The first-order chi connectivity index (χ1) is 11.7. The molecule has 0 bridgehead atoms. The zero-order chi connectivity index (χ0) is 18.2. The topological polar surface area (TPSA) is 94.1 Å². The van der Waals surface area contributed by atoms with Crippen LogP contribution in [-0.4, -0.2) is 45.5 Å². The van der Waals surface area contributed by atoms with Crippen LogP contribution in [0.3, 0.4) is 0 Å². The summed E-state index contributed by atoms with van der Waals surface area (Å²) in [5.41, 5.74) is -1.79. The second-order valence-electron chi connectivity index (χ2n) is 6.86. The van der Waals surface area contributed by atoms with Crippen molar-refractivity contribution in [2.24, 2.45) is 13.0 Å². The lowest BCUT2D eigenvalue weighted by atomic mass is 9.94. The van der Waals surface area contributed by atoms with Crippen LogP contribution >= 0.6 is 0 Å². The van der Waals surface area contributed by atoms with Gasteiger partial charge < -0.3 is 9.09 Å². The maximum atomic E-state index is 15.2. The van der Waals surface area contributed by atoms with Crippen LogP contribution in [-0.2, 0) is 29.2 Å². The number of rotatable bonds is 5. The zero-order valence-corrected chi connectivity index (χ0v) is 15.3. The molecule has 1 saturated heterocycles. The first-order valence-electron chi connectivity index (χ1n) is 8.21. The van der Waals surface area contributed by atoms with Crippen molar-refractivity contribution in [3.05, 3.63) is 24.2 Å². The van der Waals surface area contributed by atoms with Gasteiger partial charge in [0.15, 0.2) is 16.5 Å². The number of aromatic nitrogens is 4. The van der Waals surface area contributed by atoms with Gasteiger partial charge in [0.1, 0.15) is 0 Å². The SMILES string of the molecule is CC(C)Cc1noc(C2(F)CCN(S(=O)(=O)c3cn(C)cn3)CC2)n1. The van der Waals surface area contributed by atoms with Crippen LogP contribution < -0.4 is 0 Å². The monoisotopic (exact) mass is 371 g/mol. The molecule has 0 radical (unpaired) electrons. The van der Waals surface area contributed by atoms with Crippen LogP contribution in [0.2, 0.25) is 0 Å². The van der Waals surface area contributed by atoms with E-state index in [2.05, 4.69) is 15.1 Å². The van der Waals surface area contributed by atoms with Crippen molar-refractivity contribution >= 4 is 10.0 Å². The van der Waals surface area contributed by atoms with Gasteiger partial charge >= 0.3 is 0 Å². The van der Waals surface area contributed by atoms with E-state index in [-0.39, 0.29) is 36.8 Å². The minimum Gasteiger partial charge on any atom is -0.339 e. The lowest BCUT2D eigenvalue weighted by Crippen LogP contribution is -2.43. The molecule has 0 saturated carbocycles. The molecular weight excluding hydrogens is 349 g/mol. The summed E-state index contributed by atoms with van der Waals surface area (Å²) >= 11 is 0. The van der Waals surface area contributed by atoms with E-state index in [0.29, 0.717) is 18.2 Å². The van der Waals surface area contributed by atoms with E-state index in [4.69, 9.17) is 4.52 Å². The number of imidazole rings is 1. The van der Waals surface area contributed by atoms with Crippen molar-refractivity contribution in [2.75, 3.05) is 13.1 Å². The number of hydrogen-bond donors (Lipinski definition) is 0. The fourth-order valence-corrected chi connectivity index (χ4v) is 4.24. The fraction of sp³-hybridized carbons (Fsp3) is 0.667. The van der Waals surface area contributed by atoms with Gasteiger partial charge in [-0.3, -0.25) is 0 Å². The first kappa shape index (κ1) is 18.0. The van der Waals surface area contributed by atoms with E-state index in [1.807, 2.05) is 13.8 Å². The smallest absolute Gasteiger partial charge is 0.264 e. The summed E-state index contributed by atoms with van der Waals surface area (Å²) in [4.78, 5) is 8.04. The average molecular weight is 371 g/mol. The Kier molecular flexibility index (Phi) is 4.67. The molecule has 1 fully saturated rings. The Morgan fingerprint density at radius 1 is 1.36 bits per heavy atom. The standard InChI is InChI=1S/C15H22FN5O3S/c1-11(2)8-12-18-14(24-19-12)15(16)4-6-21(7-5-15)25(22,23)13-9-20(3)10-17-13/h9-11H,4-8H2,1-3H3. The molecule has 138 valence electrons. The van der Waals surface area contributed by atoms with E-state index >= 15 is 4.39 Å². The molecule has 2 aromatic rings. The van der Waals surface area contributed by atoms with Gasteiger partial charge in [0.2, 0.25) is 0 Å². The Labute approximate surface area is 146 Å². The minimum atomic E-state index is -3.72. The number of sulfonamides is 1. The van der Waals surface area contributed by atoms with Crippen LogP contribution in [0.15, 0.2) is 22.1 Å². The molecule has 0 atom stereocenters. The van der Waals surface area contributed by atoms with Gasteiger partial charge in [-0.1, -0.05) is 19.0 Å². The van der Waals surface area contributed by atoms with E-state index in [9.17, 15) is 8.42 Å². The maximum absolute atomic E-state index is 15.2. The Hall–Kier alpha value is -1.81. The van der Waals surface area contributed by atoms with Gasteiger partial charge in [0, 0.05) is 45.6 Å². The van der Waals surface area contributed by atoms with Crippen molar-refractivity contribution in [3.8, 4) is 0 Å². The second-order valence-corrected chi connectivity index (χ2v) is 8.75. The highest BCUT2D eigenvalue weighted by Crippen LogP contribution is 2.37. The third-order valence-electron chi connectivity index (χ3n) is 4.24. The normalized spacial score (nSPS) is 18.8. The predicted molar refractivity (Wildman–Crippen MR) is 86.8 cm³/mol. The summed E-state index contributed by atoms with van der Waals surface area (Å²) < 4.78 is 48.2. The van der Waals surface area contributed by atoms with Crippen molar-refractivity contribution in [1.29, 1.82) is 0 Å². The van der Waals surface area contributed by atoms with Gasteiger partial charge in [-0.2, -0.15) is 9.29 Å². The summed E-state index contributed by atoms with van der Waals surface area (Å²) in [6.07, 6.45) is 3.41. The third kappa shape index (κ3) is 3.59. The molecule has 3 heterocycles. The van der Waals surface area contributed by atoms with Gasteiger partial charge in [-0.05, 0) is 5.92 Å². The van der Waals surface area contributed by atoms with E-state index in [0.717, 1.165) is 0 Å². The summed E-state index contributed by atoms with van der Waals surface area (Å²) in [6.45, 7) is 4.11. The number of aryl methyl sites for hydroxylation is 1. The number of hydrogen-bond acceptors (Lipinski definition) is 6. The summed E-state index contributed by atoms with van der Waals surface area (Å²) in [5, 5.41) is 3.79. The van der Waals surface area contributed by atoms with Crippen molar-refractivity contribution in [3.63, 3.8) is 0 Å². The average Bonchev–Trinajstić information content (AvgIpc) is 3.17.